The third-order valence-corrected chi connectivity index (χ3v) is 7.13. The highest BCUT2D eigenvalue weighted by Crippen LogP contribution is 2.38. The van der Waals surface area contributed by atoms with Gasteiger partial charge in [0.15, 0.2) is 0 Å². The number of nitrogens with one attached hydrogen (secondary N) is 1. The average molecular weight is 573 g/mol. The van der Waals surface area contributed by atoms with Gasteiger partial charge in [0.1, 0.15) is 5.82 Å². The van der Waals surface area contributed by atoms with E-state index in [9.17, 15) is 18.0 Å². The molecule has 3 heterocycles. The Bertz CT molecular complexity index is 1490. The number of nitrogens with zero attached hydrogens (tertiary/aromatic N) is 4. The van der Waals surface area contributed by atoms with Crippen LogP contribution in [-0.2, 0) is 24.0 Å². The number of alkyl halides is 3. The zero-order chi connectivity index (χ0) is 28.3. The summed E-state index contributed by atoms with van der Waals surface area (Å²) in [5, 5.41) is 4.23. The lowest BCUT2D eigenvalue weighted by atomic mass is 10.0. The van der Waals surface area contributed by atoms with Gasteiger partial charge in [0.25, 0.3) is 0 Å². The first-order valence-corrected chi connectivity index (χ1v) is 13.3. The fraction of sp³-hybridized carbons (Fsp3) is 0.321. The summed E-state index contributed by atoms with van der Waals surface area (Å²) in [6, 6.07) is 12.7. The van der Waals surface area contributed by atoms with Crippen LogP contribution in [0.5, 0.6) is 0 Å². The Kier molecular flexibility index (Phi) is 8.13. The molecule has 12 heteroatoms. The number of hydrogen-bond donors (Lipinski definition) is 2. The molecule has 1 amide bonds. The zero-order valence-electron chi connectivity index (χ0n) is 21.5. The first-order chi connectivity index (χ1) is 19.2. The summed E-state index contributed by atoms with van der Waals surface area (Å²) in [7, 11) is 0. The average Bonchev–Trinajstić information content (AvgIpc) is 3.29. The predicted octanol–water partition coefficient (Wildman–Crippen LogP) is 6.14. The molecule has 1 unspecified atom stereocenters. The standard InChI is InChI=1S/C28H28ClF3N6O2/c29-21-14-19(13-20(25(21)33)28(30,31)32)15-23(36-27(39)40-37-11-4-1-5-12-37)26-35-22-8-2-3-9-24(22)38(26)17-18-7-6-10-34-16-18/h2-3,6-10,13-14,16,23H,1,4-5,11-12,15,17,33H2,(H,36,39). The van der Waals surface area contributed by atoms with Crippen LogP contribution < -0.4 is 11.1 Å². The summed E-state index contributed by atoms with van der Waals surface area (Å²) in [4.78, 5) is 27.6. The SMILES string of the molecule is Nc1c(Cl)cc(CC(NC(=O)ON2CCCCC2)c2nc3ccccc3n2Cc2cccnc2)cc1C(F)(F)F. The van der Waals surface area contributed by atoms with Gasteiger partial charge in [-0.3, -0.25) is 4.98 Å². The molecule has 0 aliphatic carbocycles. The van der Waals surface area contributed by atoms with Gasteiger partial charge in [0, 0.05) is 31.9 Å². The van der Waals surface area contributed by atoms with E-state index >= 15 is 0 Å². The molecule has 2 aromatic heterocycles. The molecule has 3 N–H and O–H groups in total. The Labute approximate surface area is 233 Å². The van der Waals surface area contributed by atoms with Crippen molar-refractivity contribution in [2.75, 3.05) is 18.8 Å². The number of carbonyl (C=O) groups is 1. The lowest BCUT2D eigenvalue weighted by Gasteiger charge is -2.26. The van der Waals surface area contributed by atoms with Crippen LogP contribution in [0.3, 0.4) is 0 Å². The molecule has 0 radical (unpaired) electrons. The Morgan fingerprint density at radius 1 is 1.10 bits per heavy atom. The van der Waals surface area contributed by atoms with Crippen LogP contribution in [0.1, 0.15) is 47.8 Å². The second-order valence-electron chi connectivity index (χ2n) is 9.71. The van der Waals surface area contributed by atoms with E-state index in [1.807, 2.05) is 41.0 Å². The Balaban J connectivity index is 1.55. The molecule has 1 atom stereocenters. The first-order valence-electron chi connectivity index (χ1n) is 12.9. The Hall–Kier alpha value is -3.83. The number of pyridine rings is 1. The monoisotopic (exact) mass is 572 g/mol. The molecule has 40 heavy (non-hydrogen) atoms. The second kappa shape index (κ2) is 11.7. The molecule has 0 spiro atoms. The summed E-state index contributed by atoms with van der Waals surface area (Å²) in [5.41, 5.74) is 6.66. The van der Waals surface area contributed by atoms with Gasteiger partial charge in [-0.2, -0.15) is 13.2 Å². The normalized spacial score (nSPS) is 15.2. The molecule has 1 aliphatic heterocycles. The van der Waals surface area contributed by atoms with Crippen LogP contribution in [0.2, 0.25) is 5.02 Å². The van der Waals surface area contributed by atoms with Crippen molar-refractivity contribution < 1.29 is 22.8 Å². The van der Waals surface area contributed by atoms with E-state index in [4.69, 9.17) is 27.2 Å². The van der Waals surface area contributed by atoms with E-state index in [0.717, 1.165) is 36.4 Å². The molecule has 8 nitrogen and oxygen atoms in total. The molecule has 0 saturated carbocycles. The number of amides is 1. The van der Waals surface area contributed by atoms with E-state index in [0.29, 0.717) is 31.0 Å². The quantitative estimate of drug-likeness (QED) is 0.258. The third kappa shape index (κ3) is 6.31. The minimum absolute atomic E-state index is 0.0471. The van der Waals surface area contributed by atoms with Gasteiger partial charge >= 0.3 is 12.3 Å². The van der Waals surface area contributed by atoms with E-state index in [-0.39, 0.29) is 17.0 Å². The number of fused-ring (bicyclic) bond motifs is 1. The van der Waals surface area contributed by atoms with E-state index in [1.165, 1.54) is 6.07 Å². The number of aromatic nitrogens is 3. The van der Waals surface area contributed by atoms with Gasteiger partial charge in [-0.05, 0) is 54.3 Å². The van der Waals surface area contributed by atoms with Crippen LogP contribution in [0, 0.1) is 0 Å². The maximum Gasteiger partial charge on any atom is 0.426 e. The number of nitrogen functional groups attached to an aromatic ring is 1. The van der Waals surface area contributed by atoms with E-state index in [2.05, 4.69) is 10.3 Å². The van der Waals surface area contributed by atoms with Crippen LogP contribution in [0.25, 0.3) is 11.0 Å². The lowest BCUT2D eigenvalue weighted by molar-refractivity contribution is -0.137. The maximum atomic E-state index is 13.7. The first kappa shape index (κ1) is 27.7. The summed E-state index contributed by atoms with van der Waals surface area (Å²) in [5.74, 6) is 0.446. The highest BCUT2D eigenvalue weighted by Gasteiger charge is 2.35. The van der Waals surface area contributed by atoms with Crippen molar-refractivity contribution in [2.45, 2.75) is 44.4 Å². The number of hydrogen-bond acceptors (Lipinski definition) is 6. The van der Waals surface area contributed by atoms with Crippen molar-refractivity contribution in [1.29, 1.82) is 0 Å². The number of nitrogens with two attached hydrogens (primary N) is 1. The molecular weight excluding hydrogens is 545 g/mol. The number of piperidine rings is 1. The molecule has 2 aromatic carbocycles. The van der Waals surface area contributed by atoms with Crippen LogP contribution in [0.4, 0.5) is 23.7 Å². The van der Waals surface area contributed by atoms with Crippen molar-refractivity contribution in [1.82, 2.24) is 24.9 Å². The van der Waals surface area contributed by atoms with E-state index in [1.54, 1.807) is 17.5 Å². The topological polar surface area (TPSA) is 98.3 Å². The van der Waals surface area contributed by atoms with Gasteiger partial charge in [-0.25, -0.2) is 9.78 Å². The van der Waals surface area contributed by atoms with Gasteiger partial charge in [-0.15, -0.1) is 5.06 Å². The number of imidazole rings is 1. The highest BCUT2D eigenvalue weighted by molar-refractivity contribution is 6.33. The van der Waals surface area contributed by atoms with Crippen LogP contribution in [-0.4, -0.2) is 38.8 Å². The maximum absolute atomic E-state index is 13.7. The molecule has 5 rings (SSSR count). The second-order valence-corrected chi connectivity index (χ2v) is 10.1. The van der Waals surface area contributed by atoms with Crippen molar-refractivity contribution in [3.8, 4) is 0 Å². The Morgan fingerprint density at radius 3 is 2.60 bits per heavy atom. The minimum atomic E-state index is -4.70. The van der Waals surface area contributed by atoms with Gasteiger partial charge < -0.3 is 20.5 Å². The van der Waals surface area contributed by atoms with Crippen molar-refractivity contribution in [3.05, 3.63) is 88.5 Å². The fourth-order valence-corrected chi connectivity index (χ4v) is 5.15. The summed E-state index contributed by atoms with van der Waals surface area (Å²) >= 11 is 6.12. The lowest BCUT2D eigenvalue weighted by Crippen LogP contribution is -2.39. The minimum Gasteiger partial charge on any atom is -0.397 e. The third-order valence-electron chi connectivity index (χ3n) is 6.81. The van der Waals surface area contributed by atoms with Crippen molar-refractivity contribution in [2.24, 2.45) is 0 Å². The van der Waals surface area contributed by atoms with Gasteiger partial charge in [0.2, 0.25) is 0 Å². The molecule has 1 aliphatic rings. The highest BCUT2D eigenvalue weighted by atomic mass is 35.5. The summed E-state index contributed by atoms with van der Waals surface area (Å²) in [6.45, 7) is 1.60. The molecule has 210 valence electrons. The number of halogens is 4. The van der Waals surface area contributed by atoms with Crippen LogP contribution >= 0.6 is 11.6 Å². The molecule has 1 fully saturated rings. The zero-order valence-corrected chi connectivity index (χ0v) is 22.3. The molecular formula is C28H28ClF3N6O2. The Morgan fingerprint density at radius 2 is 1.88 bits per heavy atom. The molecule has 4 aromatic rings. The number of anilines is 1. The predicted molar refractivity (Wildman–Crippen MR) is 145 cm³/mol. The number of hydroxylamine groups is 2. The summed E-state index contributed by atoms with van der Waals surface area (Å²) in [6.07, 6.45) is 0.791. The van der Waals surface area contributed by atoms with Crippen molar-refractivity contribution >= 4 is 34.4 Å². The largest absolute Gasteiger partial charge is 0.426 e. The number of carbonyl (C=O) groups excluding carboxylic acids is 1. The number of para-hydroxylation sites is 2. The number of benzene rings is 2. The van der Waals surface area contributed by atoms with Crippen LogP contribution in [0.15, 0.2) is 60.9 Å². The molecule has 0 bridgehead atoms. The summed E-state index contributed by atoms with van der Waals surface area (Å²) < 4.78 is 43.1. The molecule has 1 saturated heterocycles. The van der Waals surface area contributed by atoms with E-state index < -0.39 is 29.6 Å². The van der Waals surface area contributed by atoms with Gasteiger partial charge in [0.05, 0.1) is 39.9 Å². The van der Waals surface area contributed by atoms with Gasteiger partial charge in [-0.1, -0.05) is 36.2 Å². The fourth-order valence-electron chi connectivity index (χ4n) is 4.91. The smallest absolute Gasteiger partial charge is 0.397 e. The van der Waals surface area contributed by atoms with Crippen molar-refractivity contribution in [3.63, 3.8) is 0 Å². The number of rotatable bonds is 7.